The Hall–Kier alpha value is -1.20. The number of aryl methyl sites for hydroxylation is 1. The van der Waals surface area contributed by atoms with Crippen LogP contribution in [0, 0.1) is 6.92 Å². The lowest BCUT2D eigenvalue weighted by Crippen LogP contribution is -2.14. The number of carbonyl (C=O) groups excluding carboxylic acids is 1. The van der Waals surface area contributed by atoms with E-state index in [-0.39, 0.29) is 17.3 Å². The molecule has 0 amide bonds. The third kappa shape index (κ3) is 4.28. The van der Waals surface area contributed by atoms with Crippen LogP contribution in [0.25, 0.3) is 0 Å². The van der Waals surface area contributed by atoms with Crippen molar-refractivity contribution in [2.45, 2.75) is 31.6 Å². The van der Waals surface area contributed by atoms with Crippen LogP contribution in [0.2, 0.25) is 0 Å². The molecule has 94 valence electrons. The van der Waals surface area contributed by atoms with Gasteiger partial charge in [-0.15, -0.1) is 0 Å². The van der Waals surface area contributed by atoms with E-state index in [2.05, 4.69) is 0 Å². The fourth-order valence-electron chi connectivity index (χ4n) is 1.27. The highest BCUT2D eigenvalue weighted by molar-refractivity contribution is 7.86. The van der Waals surface area contributed by atoms with Crippen molar-refractivity contribution in [3.05, 3.63) is 29.8 Å². The Kier molecular flexibility index (Phi) is 4.84. The SMILES string of the molecule is CCCC(=O)COS(=O)(=O)c1ccc(C)cc1. The topological polar surface area (TPSA) is 60.4 Å². The molecular weight excluding hydrogens is 240 g/mol. The summed E-state index contributed by atoms with van der Waals surface area (Å²) >= 11 is 0. The summed E-state index contributed by atoms with van der Waals surface area (Å²) in [7, 11) is -3.81. The summed E-state index contributed by atoms with van der Waals surface area (Å²) in [6, 6.07) is 6.30. The van der Waals surface area contributed by atoms with Crippen molar-refractivity contribution < 1.29 is 17.4 Å². The molecule has 0 aliphatic rings. The quantitative estimate of drug-likeness (QED) is 0.731. The molecule has 0 N–H and O–H groups in total. The van der Waals surface area contributed by atoms with E-state index >= 15 is 0 Å². The molecule has 1 rings (SSSR count). The Morgan fingerprint density at radius 3 is 2.35 bits per heavy atom. The highest BCUT2D eigenvalue weighted by Crippen LogP contribution is 2.13. The maximum Gasteiger partial charge on any atom is 0.297 e. The predicted molar refractivity (Wildman–Crippen MR) is 64.2 cm³/mol. The minimum Gasteiger partial charge on any atom is -0.297 e. The molecule has 0 aromatic heterocycles. The maximum absolute atomic E-state index is 11.7. The van der Waals surface area contributed by atoms with Crippen molar-refractivity contribution in [2.75, 3.05) is 6.61 Å². The van der Waals surface area contributed by atoms with Crippen LogP contribution in [-0.2, 0) is 19.1 Å². The third-order valence-corrected chi connectivity index (χ3v) is 3.49. The highest BCUT2D eigenvalue weighted by Gasteiger charge is 2.16. The smallest absolute Gasteiger partial charge is 0.297 e. The Bertz CT molecular complexity index is 474. The van der Waals surface area contributed by atoms with Gasteiger partial charge in [-0.1, -0.05) is 24.6 Å². The summed E-state index contributed by atoms with van der Waals surface area (Å²) in [6.45, 7) is 3.33. The summed E-state index contributed by atoms with van der Waals surface area (Å²) in [6.07, 6.45) is 1.02. The molecule has 0 aliphatic carbocycles. The Morgan fingerprint density at radius 2 is 1.82 bits per heavy atom. The summed E-state index contributed by atoms with van der Waals surface area (Å²) < 4.78 is 28.0. The van der Waals surface area contributed by atoms with E-state index in [1.165, 1.54) is 12.1 Å². The molecule has 0 saturated carbocycles. The van der Waals surface area contributed by atoms with Gasteiger partial charge < -0.3 is 0 Å². The fraction of sp³-hybridized carbons (Fsp3) is 0.417. The highest BCUT2D eigenvalue weighted by atomic mass is 32.2. The number of rotatable bonds is 6. The summed E-state index contributed by atoms with van der Waals surface area (Å²) in [5.41, 5.74) is 0.964. The van der Waals surface area contributed by atoms with Gasteiger partial charge in [0.25, 0.3) is 10.1 Å². The first-order valence-electron chi connectivity index (χ1n) is 5.43. The number of benzene rings is 1. The first-order valence-corrected chi connectivity index (χ1v) is 6.84. The molecule has 0 radical (unpaired) electrons. The average Bonchev–Trinajstić information content (AvgIpc) is 2.28. The Labute approximate surface area is 102 Å². The first-order chi connectivity index (χ1) is 7.95. The molecule has 0 saturated heterocycles. The van der Waals surface area contributed by atoms with Crippen LogP contribution in [-0.4, -0.2) is 20.8 Å². The van der Waals surface area contributed by atoms with Crippen LogP contribution in [0.4, 0.5) is 0 Å². The Morgan fingerprint density at radius 1 is 1.24 bits per heavy atom. The molecule has 1 aromatic carbocycles. The van der Waals surface area contributed by atoms with Gasteiger partial charge in [0.1, 0.15) is 6.61 Å². The zero-order valence-electron chi connectivity index (χ0n) is 9.97. The number of Topliss-reactive ketones (excluding diaryl/α,β-unsaturated/α-hetero) is 1. The third-order valence-electron chi connectivity index (χ3n) is 2.21. The number of hydrogen-bond acceptors (Lipinski definition) is 4. The van der Waals surface area contributed by atoms with Crippen molar-refractivity contribution in [3.63, 3.8) is 0 Å². The molecule has 0 bridgehead atoms. The molecule has 0 atom stereocenters. The molecular formula is C12H16O4S. The molecule has 0 heterocycles. The van der Waals surface area contributed by atoms with Gasteiger partial charge >= 0.3 is 0 Å². The van der Waals surface area contributed by atoms with Gasteiger partial charge in [-0.05, 0) is 25.5 Å². The van der Waals surface area contributed by atoms with Crippen LogP contribution in [0.3, 0.4) is 0 Å². The van der Waals surface area contributed by atoms with Gasteiger partial charge in [0, 0.05) is 6.42 Å². The van der Waals surface area contributed by atoms with Crippen LogP contribution < -0.4 is 0 Å². The van der Waals surface area contributed by atoms with E-state index in [9.17, 15) is 13.2 Å². The molecule has 0 unspecified atom stereocenters. The van der Waals surface area contributed by atoms with Gasteiger partial charge in [-0.3, -0.25) is 8.98 Å². The summed E-state index contributed by atoms with van der Waals surface area (Å²) in [5, 5.41) is 0. The molecule has 0 spiro atoms. The van der Waals surface area contributed by atoms with E-state index in [4.69, 9.17) is 4.18 Å². The number of ketones is 1. The fourth-order valence-corrected chi connectivity index (χ4v) is 2.16. The minimum atomic E-state index is -3.81. The van der Waals surface area contributed by atoms with Gasteiger partial charge in [-0.25, -0.2) is 0 Å². The second kappa shape index (κ2) is 5.93. The van der Waals surface area contributed by atoms with Crippen LogP contribution >= 0.6 is 0 Å². The largest absolute Gasteiger partial charge is 0.297 e. The maximum atomic E-state index is 11.7. The number of carbonyl (C=O) groups is 1. The zero-order valence-corrected chi connectivity index (χ0v) is 10.8. The van der Waals surface area contributed by atoms with E-state index in [0.29, 0.717) is 12.8 Å². The van der Waals surface area contributed by atoms with Crippen LogP contribution in [0.15, 0.2) is 29.2 Å². The molecule has 4 nitrogen and oxygen atoms in total. The second-order valence-electron chi connectivity index (χ2n) is 3.82. The molecule has 5 heteroatoms. The second-order valence-corrected chi connectivity index (χ2v) is 5.43. The summed E-state index contributed by atoms with van der Waals surface area (Å²) in [5.74, 6) is -0.205. The summed E-state index contributed by atoms with van der Waals surface area (Å²) in [4.78, 5) is 11.3. The van der Waals surface area contributed by atoms with E-state index < -0.39 is 10.1 Å². The monoisotopic (exact) mass is 256 g/mol. The van der Waals surface area contributed by atoms with Crippen LogP contribution in [0.1, 0.15) is 25.3 Å². The van der Waals surface area contributed by atoms with Gasteiger partial charge in [-0.2, -0.15) is 8.42 Å². The van der Waals surface area contributed by atoms with Crippen molar-refractivity contribution in [3.8, 4) is 0 Å². The van der Waals surface area contributed by atoms with Crippen molar-refractivity contribution in [1.29, 1.82) is 0 Å². The van der Waals surface area contributed by atoms with Crippen molar-refractivity contribution in [1.82, 2.24) is 0 Å². The molecule has 0 aliphatic heterocycles. The number of hydrogen-bond donors (Lipinski definition) is 0. The van der Waals surface area contributed by atoms with Crippen molar-refractivity contribution in [2.24, 2.45) is 0 Å². The van der Waals surface area contributed by atoms with Gasteiger partial charge in [0.15, 0.2) is 5.78 Å². The van der Waals surface area contributed by atoms with Gasteiger partial charge in [0.2, 0.25) is 0 Å². The van der Waals surface area contributed by atoms with E-state index in [0.717, 1.165) is 5.56 Å². The predicted octanol–water partition coefficient (Wildman–Crippen LogP) is 2.07. The van der Waals surface area contributed by atoms with Crippen molar-refractivity contribution >= 4 is 15.9 Å². The van der Waals surface area contributed by atoms with E-state index in [1.807, 2.05) is 13.8 Å². The average molecular weight is 256 g/mol. The molecule has 1 aromatic rings. The zero-order chi connectivity index (χ0) is 12.9. The normalized spacial score (nSPS) is 11.4. The van der Waals surface area contributed by atoms with Gasteiger partial charge in [0.05, 0.1) is 4.90 Å². The van der Waals surface area contributed by atoms with E-state index in [1.54, 1.807) is 12.1 Å². The Balaban J connectivity index is 2.69. The standard InChI is InChI=1S/C12H16O4S/c1-3-4-11(13)9-16-17(14,15)12-7-5-10(2)6-8-12/h5-8H,3-4,9H2,1-2H3. The molecule has 17 heavy (non-hydrogen) atoms. The lowest BCUT2D eigenvalue weighted by atomic mass is 10.2. The lowest BCUT2D eigenvalue weighted by Gasteiger charge is -2.05. The molecule has 0 fully saturated rings. The lowest BCUT2D eigenvalue weighted by molar-refractivity contribution is -0.121. The van der Waals surface area contributed by atoms with Crippen LogP contribution in [0.5, 0.6) is 0 Å². The minimum absolute atomic E-state index is 0.0763. The first kappa shape index (κ1) is 13.9.